The number of hydrogen-bond donors (Lipinski definition) is 0. The molecule has 0 radical (unpaired) electrons. The average molecular weight is 399 g/mol. The van der Waals surface area contributed by atoms with Crippen LogP contribution in [0.25, 0.3) is 6.08 Å². The minimum absolute atomic E-state index is 0.117. The molecule has 0 atom stereocenters. The highest BCUT2D eigenvalue weighted by Gasteiger charge is 2.48. The zero-order chi connectivity index (χ0) is 20.2. The molecule has 0 N–H and O–H groups in total. The van der Waals surface area contributed by atoms with E-state index in [-0.39, 0.29) is 12.2 Å². The predicted molar refractivity (Wildman–Crippen MR) is 91.6 cm³/mol. The summed E-state index contributed by atoms with van der Waals surface area (Å²) in [5, 5.41) is 13.4. The maximum absolute atomic E-state index is 12.5. The van der Waals surface area contributed by atoms with Crippen molar-refractivity contribution in [1.29, 1.82) is 5.26 Å². The normalized spacial score (nSPS) is 12.7. The Labute approximate surface area is 154 Å². The van der Waals surface area contributed by atoms with Crippen LogP contribution in [0.2, 0.25) is 0 Å². The summed E-state index contributed by atoms with van der Waals surface area (Å²) in [6.07, 6.45) is 1.52. The zero-order valence-electron chi connectivity index (χ0n) is 14.5. The van der Waals surface area contributed by atoms with Crippen molar-refractivity contribution in [3.63, 3.8) is 0 Å². The Morgan fingerprint density at radius 2 is 1.96 bits per heavy atom. The number of halogens is 3. The first-order valence-corrected chi connectivity index (χ1v) is 9.22. The van der Waals surface area contributed by atoms with Crippen molar-refractivity contribution in [3.05, 3.63) is 58.6 Å². The smallest absolute Gasteiger partial charge is 0.381 e. The summed E-state index contributed by atoms with van der Waals surface area (Å²) in [6.45, 7) is 3.10. The predicted octanol–water partition coefficient (Wildman–Crippen LogP) is 3.59. The van der Waals surface area contributed by atoms with E-state index in [0.717, 1.165) is 18.6 Å². The summed E-state index contributed by atoms with van der Waals surface area (Å²) in [5.41, 5.74) is -3.76. The molecule has 1 heterocycles. The van der Waals surface area contributed by atoms with Crippen LogP contribution in [-0.2, 0) is 27.3 Å². The third-order valence-electron chi connectivity index (χ3n) is 3.59. The van der Waals surface area contributed by atoms with Crippen LogP contribution in [0.4, 0.5) is 13.2 Å². The van der Waals surface area contributed by atoms with Crippen molar-refractivity contribution in [2.24, 2.45) is 0 Å². The summed E-state index contributed by atoms with van der Waals surface area (Å²) in [6, 6.07) is 11.0. The van der Waals surface area contributed by atoms with Crippen LogP contribution in [0.1, 0.15) is 36.4 Å². The maximum atomic E-state index is 12.5. The zero-order valence-corrected chi connectivity index (χ0v) is 15.3. The van der Waals surface area contributed by atoms with Crippen LogP contribution in [0, 0.1) is 11.3 Å². The van der Waals surface area contributed by atoms with E-state index < -0.39 is 21.4 Å². The second-order valence-corrected chi connectivity index (χ2v) is 7.10. The van der Waals surface area contributed by atoms with E-state index in [2.05, 4.69) is 9.28 Å². The van der Waals surface area contributed by atoms with Crippen molar-refractivity contribution >= 4 is 16.2 Å². The van der Waals surface area contributed by atoms with Crippen molar-refractivity contribution in [2.75, 3.05) is 0 Å². The molecule has 0 unspecified atom stereocenters. The molecule has 0 saturated heterocycles. The lowest BCUT2D eigenvalue weighted by Crippen LogP contribution is -2.24. The fourth-order valence-corrected chi connectivity index (χ4v) is 2.91. The minimum Gasteiger partial charge on any atom is -0.381 e. The van der Waals surface area contributed by atoms with Gasteiger partial charge in [-0.2, -0.15) is 31.9 Å². The maximum Gasteiger partial charge on any atom is 0.534 e. The lowest BCUT2D eigenvalue weighted by atomic mass is 10.1. The van der Waals surface area contributed by atoms with Gasteiger partial charge in [0.1, 0.15) is 11.8 Å². The van der Waals surface area contributed by atoms with Crippen LogP contribution >= 0.6 is 0 Å². The van der Waals surface area contributed by atoms with Gasteiger partial charge in [0.15, 0.2) is 5.69 Å². The number of allylic oxidation sites excluding steroid dienone is 1. The molecule has 0 aliphatic carbocycles. The van der Waals surface area contributed by atoms with E-state index >= 15 is 0 Å². The number of hydrogen-bond acceptors (Lipinski definition) is 5. The summed E-state index contributed by atoms with van der Waals surface area (Å²) in [5.74, 6) is -0.485. The lowest BCUT2D eigenvalue weighted by molar-refractivity contribution is -0.0521. The number of benzene rings is 1. The van der Waals surface area contributed by atoms with E-state index in [9.17, 15) is 26.9 Å². The van der Waals surface area contributed by atoms with Gasteiger partial charge in [-0.25, -0.2) is 0 Å². The summed E-state index contributed by atoms with van der Waals surface area (Å²) >= 11 is 0. The van der Waals surface area contributed by atoms with Gasteiger partial charge in [0.05, 0.1) is 12.2 Å². The second kappa shape index (κ2) is 7.84. The van der Waals surface area contributed by atoms with Crippen LogP contribution in [0.3, 0.4) is 0 Å². The van der Waals surface area contributed by atoms with Gasteiger partial charge in [-0.05, 0) is 18.9 Å². The van der Waals surface area contributed by atoms with Gasteiger partial charge in [0.25, 0.3) is 0 Å². The molecule has 2 aromatic rings. The first kappa shape index (κ1) is 20.5. The van der Waals surface area contributed by atoms with Crippen LogP contribution < -0.4 is 0 Å². The summed E-state index contributed by atoms with van der Waals surface area (Å²) in [7, 11) is -5.77. The van der Waals surface area contributed by atoms with E-state index in [1.807, 2.05) is 36.4 Å². The van der Waals surface area contributed by atoms with Crippen molar-refractivity contribution in [1.82, 2.24) is 9.78 Å². The molecule has 6 nitrogen and oxygen atoms in total. The standard InChI is InChI=1S/C17H16F3N3O3S/c1-3-14-15(10-21)22-23(11-13-7-5-4-6-8-13)16(14)9-12(2)26-27(24,25)17(18,19)20/h4-9H,3,11H2,1-2H3/b12-9+. The number of rotatable bonds is 6. The molecule has 0 aliphatic rings. The van der Waals surface area contributed by atoms with E-state index in [1.54, 1.807) is 6.92 Å². The van der Waals surface area contributed by atoms with Gasteiger partial charge in [0, 0.05) is 11.6 Å². The molecule has 0 saturated carbocycles. The largest absolute Gasteiger partial charge is 0.534 e. The Hall–Kier alpha value is -2.80. The highest BCUT2D eigenvalue weighted by molar-refractivity contribution is 7.87. The molecule has 0 spiro atoms. The van der Waals surface area contributed by atoms with Gasteiger partial charge in [0.2, 0.25) is 0 Å². The molecule has 0 fully saturated rings. The minimum atomic E-state index is -5.77. The van der Waals surface area contributed by atoms with Gasteiger partial charge in [-0.3, -0.25) is 4.68 Å². The molecule has 0 aliphatic heterocycles. The van der Waals surface area contributed by atoms with Crippen molar-refractivity contribution < 1.29 is 25.8 Å². The number of nitriles is 1. The molecule has 1 aromatic heterocycles. The summed E-state index contributed by atoms with van der Waals surface area (Å²) < 4.78 is 65.4. The lowest BCUT2D eigenvalue weighted by Gasteiger charge is -2.11. The number of nitrogens with zero attached hydrogens (tertiary/aromatic N) is 3. The van der Waals surface area contributed by atoms with Crippen LogP contribution in [0.5, 0.6) is 0 Å². The molecule has 0 amide bonds. The highest BCUT2D eigenvalue weighted by atomic mass is 32.2. The Bertz CT molecular complexity index is 988. The van der Waals surface area contributed by atoms with E-state index in [1.165, 1.54) is 4.68 Å². The number of alkyl halides is 3. The molecule has 1 aromatic carbocycles. The van der Waals surface area contributed by atoms with Crippen LogP contribution in [0.15, 0.2) is 36.1 Å². The third-order valence-corrected chi connectivity index (χ3v) is 4.64. The van der Waals surface area contributed by atoms with Gasteiger partial charge in [-0.1, -0.05) is 37.3 Å². The average Bonchev–Trinajstić information content (AvgIpc) is 2.90. The van der Waals surface area contributed by atoms with Gasteiger partial charge in [-0.15, -0.1) is 0 Å². The van der Waals surface area contributed by atoms with Gasteiger partial charge >= 0.3 is 15.6 Å². The SMILES string of the molecule is CCc1c(C#N)nn(Cc2ccccc2)c1/C=C(\C)OS(=O)(=O)C(F)(F)F. The first-order valence-electron chi connectivity index (χ1n) is 7.81. The fraction of sp³-hybridized carbons (Fsp3) is 0.294. The topological polar surface area (TPSA) is 85.0 Å². The Balaban J connectivity index is 2.48. The highest BCUT2D eigenvalue weighted by Crippen LogP contribution is 2.28. The fourth-order valence-electron chi connectivity index (χ4n) is 2.43. The second-order valence-electron chi connectivity index (χ2n) is 5.56. The first-order chi connectivity index (χ1) is 12.6. The molecule has 10 heteroatoms. The van der Waals surface area contributed by atoms with Crippen molar-refractivity contribution in [3.8, 4) is 6.07 Å². The molecule has 2 rings (SSSR count). The Kier molecular flexibility index (Phi) is 5.95. The quantitative estimate of drug-likeness (QED) is 0.421. The number of aromatic nitrogens is 2. The molecule has 0 bridgehead atoms. The molecule has 27 heavy (non-hydrogen) atoms. The molecular weight excluding hydrogens is 383 g/mol. The van der Waals surface area contributed by atoms with Gasteiger partial charge < -0.3 is 4.18 Å². The molecule has 144 valence electrons. The Morgan fingerprint density at radius 1 is 1.33 bits per heavy atom. The van der Waals surface area contributed by atoms with Crippen molar-refractivity contribution in [2.45, 2.75) is 32.3 Å². The monoisotopic (exact) mass is 399 g/mol. The van der Waals surface area contributed by atoms with E-state index in [0.29, 0.717) is 17.7 Å². The third kappa shape index (κ3) is 4.68. The summed E-state index contributed by atoms with van der Waals surface area (Å²) in [4.78, 5) is 0. The Morgan fingerprint density at radius 3 is 2.48 bits per heavy atom. The molecular formula is C17H16F3N3O3S. The van der Waals surface area contributed by atoms with Crippen LogP contribution in [-0.4, -0.2) is 23.7 Å². The van der Waals surface area contributed by atoms with E-state index in [4.69, 9.17) is 0 Å².